The standard InChI is InChI=1S/C8H13NO/c10-7-3-6-9-8(7)4-1-2-5-8/h9H,1-6H2. The summed E-state index contributed by atoms with van der Waals surface area (Å²) in [5.41, 5.74) is -0.0417. The van der Waals surface area contributed by atoms with E-state index in [2.05, 4.69) is 5.32 Å². The number of hydrogen-bond acceptors (Lipinski definition) is 2. The van der Waals surface area contributed by atoms with E-state index in [1.54, 1.807) is 0 Å². The van der Waals surface area contributed by atoms with Crippen LogP contribution in [-0.2, 0) is 4.79 Å². The Morgan fingerprint density at radius 2 is 2.00 bits per heavy atom. The lowest BCUT2D eigenvalue weighted by molar-refractivity contribution is -0.122. The average Bonchev–Trinajstić information content (AvgIpc) is 2.48. The minimum atomic E-state index is -0.0417. The molecule has 1 saturated heterocycles. The lowest BCUT2D eigenvalue weighted by Gasteiger charge is -2.20. The van der Waals surface area contributed by atoms with Crippen LogP contribution in [0.1, 0.15) is 32.1 Å². The van der Waals surface area contributed by atoms with Crippen molar-refractivity contribution < 1.29 is 4.79 Å². The molecule has 1 aliphatic carbocycles. The van der Waals surface area contributed by atoms with Crippen molar-refractivity contribution in [2.75, 3.05) is 6.54 Å². The predicted octanol–water partition coefficient (Wildman–Crippen LogP) is 0.862. The van der Waals surface area contributed by atoms with Crippen LogP contribution in [0.25, 0.3) is 0 Å². The van der Waals surface area contributed by atoms with Crippen LogP contribution in [0, 0.1) is 0 Å². The van der Waals surface area contributed by atoms with Crippen molar-refractivity contribution in [2.45, 2.75) is 37.6 Å². The van der Waals surface area contributed by atoms with E-state index in [0.717, 1.165) is 25.8 Å². The highest BCUT2D eigenvalue weighted by Crippen LogP contribution is 2.33. The molecule has 0 aromatic rings. The highest BCUT2D eigenvalue weighted by Gasteiger charge is 2.43. The second-order valence-corrected chi connectivity index (χ2v) is 3.39. The third-order valence-corrected chi connectivity index (χ3v) is 2.81. The molecule has 1 N–H and O–H groups in total. The Bertz CT molecular complexity index is 153. The van der Waals surface area contributed by atoms with Gasteiger partial charge in [0.25, 0.3) is 0 Å². The molecule has 1 heterocycles. The fourth-order valence-corrected chi connectivity index (χ4v) is 2.19. The molecular weight excluding hydrogens is 126 g/mol. The highest BCUT2D eigenvalue weighted by molar-refractivity contribution is 5.90. The maximum Gasteiger partial charge on any atom is 0.154 e. The second kappa shape index (κ2) is 2.06. The normalized spacial score (nSPS) is 30.2. The van der Waals surface area contributed by atoms with E-state index in [-0.39, 0.29) is 5.54 Å². The molecule has 2 nitrogen and oxygen atoms in total. The van der Waals surface area contributed by atoms with Crippen molar-refractivity contribution in [3.05, 3.63) is 0 Å². The molecule has 2 heteroatoms. The zero-order valence-corrected chi connectivity index (χ0v) is 6.15. The van der Waals surface area contributed by atoms with Crippen LogP contribution >= 0.6 is 0 Å². The number of Topliss-reactive ketones (excluding diaryl/α,β-unsaturated/α-hetero) is 1. The molecule has 0 bridgehead atoms. The van der Waals surface area contributed by atoms with E-state index >= 15 is 0 Å². The third-order valence-electron chi connectivity index (χ3n) is 2.81. The number of nitrogens with one attached hydrogen (secondary N) is 1. The summed E-state index contributed by atoms with van der Waals surface area (Å²) in [4.78, 5) is 11.3. The van der Waals surface area contributed by atoms with Gasteiger partial charge in [-0.3, -0.25) is 4.79 Å². The van der Waals surface area contributed by atoms with Gasteiger partial charge in [0.15, 0.2) is 5.78 Å². The molecule has 0 radical (unpaired) electrons. The van der Waals surface area contributed by atoms with E-state index in [9.17, 15) is 4.79 Å². The lowest BCUT2D eigenvalue weighted by Crippen LogP contribution is -2.42. The molecule has 1 saturated carbocycles. The van der Waals surface area contributed by atoms with Crippen LogP contribution < -0.4 is 5.32 Å². The second-order valence-electron chi connectivity index (χ2n) is 3.39. The molecule has 1 aliphatic heterocycles. The summed E-state index contributed by atoms with van der Waals surface area (Å²) >= 11 is 0. The monoisotopic (exact) mass is 139 g/mol. The van der Waals surface area contributed by atoms with Gasteiger partial charge in [0.1, 0.15) is 0 Å². The largest absolute Gasteiger partial charge is 0.304 e. The third kappa shape index (κ3) is 0.717. The minimum absolute atomic E-state index is 0.0417. The zero-order chi connectivity index (χ0) is 7.03. The Kier molecular flexibility index (Phi) is 1.31. The maximum atomic E-state index is 11.3. The molecule has 0 aromatic carbocycles. The highest BCUT2D eigenvalue weighted by atomic mass is 16.1. The van der Waals surface area contributed by atoms with Crippen LogP contribution in [0.4, 0.5) is 0 Å². The van der Waals surface area contributed by atoms with Gasteiger partial charge in [0.2, 0.25) is 0 Å². The Hall–Kier alpha value is -0.370. The summed E-state index contributed by atoms with van der Waals surface area (Å²) in [6, 6.07) is 0. The number of hydrogen-bond donors (Lipinski definition) is 1. The zero-order valence-electron chi connectivity index (χ0n) is 6.15. The van der Waals surface area contributed by atoms with Crippen LogP contribution in [0.3, 0.4) is 0 Å². The maximum absolute atomic E-state index is 11.3. The molecular formula is C8H13NO. The fourth-order valence-electron chi connectivity index (χ4n) is 2.19. The van der Waals surface area contributed by atoms with Gasteiger partial charge >= 0.3 is 0 Å². The molecule has 0 aromatic heterocycles. The minimum Gasteiger partial charge on any atom is -0.304 e. The van der Waals surface area contributed by atoms with Gasteiger partial charge in [-0.25, -0.2) is 0 Å². The Morgan fingerprint density at radius 3 is 2.50 bits per heavy atom. The summed E-state index contributed by atoms with van der Waals surface area (Å²) in [5, 5.41) is 3.33. The van der Waals surface area contributed by atoms with E-state index in [0.29, 0.717) is 5.78 Å². The first kappa shape index (κ1) is 6.35. The van der Waals surface area contributed by atoms with Crippen molar-refractivity contribution in [2.24, 2.45) is 0 Å². The van der Waals surface area contributed by atoms with E-state index < -0.39 is 0 Å². The van der Waals surface area contributed by atoms with Crippen LogP contribution in [-0.4, -0.2) is 17.9 Å². The van der Waals surface area contributed by atoms with Crippen molar-refractivity contribution >= 4 is 5.78 Å². The van der Waals surface area contributed by atoms with E-state index in [4.69, 9.17) is 0 Å². The summed E-state index contributed by atoms with van der Waals surface area (Å²) in [6.07, 6.45) is 5.41. The quantitative estimate of drug-likeness (QED) is 0.539. The SMILES string of the molecule is O=C1CCNC12CCCC2. The lowest BCUT2D eigenvalue weighted by atomic mass is 9.95. The molecule has 1 spiro atoms. The van der Waals surface area contributed by atoms with Crippen molar-refractivity contribution in [1.82, 2.24) is 5.32 Å². The topological polar surface area (TPSA) is 29.1 Å². The Morgan fingerprint density at radius 1 is 1.30 bits per heavy atom. The number of carbonyl (C=O) groups is 1. The first-order valence-corrected chi connectivity index (χ1v) is 4.12. The van der Waals surface area contributed by atoms with Gasteiger partial charge in [-0.15, -0.1) is 0 Å². The molecule has 0 atom stereocenters. The van der Waals surface area contributed by atoms with Gasteiger partial charge < -0.3 is 5.32 Å². The van der Waals surface area contributed by atoms with Crippen molar-refractivity contribution in [3.63, 3.8) is 0 Å². The average molecular weight is 139 g/mol. The van der Waals surface area contributed by atoms with Crippen molar-refractivity contribution in [3.8, 4) is 0 Å². The number of ketones is 1. The molecule has 2 rings (SSSR count). The van der Waals surface area contributed by atoms with Gasteiger partial charge in [-0.2, -0.15) is 0 Å². The molecule has 56 valence electrons. The summed E-state index contributed by atoms with van der Waals surface area (Å²) in [6.45, 7) is 0.916. The fraction of sp³-hybridized carbons (Fsp3) is 0.875. The summed E-state index contributed by atoms with van der Waals surface area (Å²) < 4.78 is 0. The van der Waals surface area contributed by atoms with Crippen molar-refractivity contribution in [1.29, 1.82) is 0 Å². The first-order valence-electron chi connectivity index (χ1n) is 4.12. The van der Waals surface area contributed by atoms with Gasteiger partial charge in [0, 0.05) is 13.0 Å². The molecule has 2 fully saturated rings. The van der Waals surface area contributed by atoms with Gasteiger partial charge in [-0.1, -0.05) is 12.8 Å². The van der Waals surface area contributed by atoms with E-state index in [1.165, 1.54) is 12.8 Å². The smallest absolute Gasteiger partial charge is 0.154 e. The van der Waals surface area contributed by atoms with Crippen LogP contribution in [0.2, 0.25) is 0 Å². The summed E-state index contributed by atoms with van der Waals surface area (Å²) in [5.74, 6) is 0.463. The van der Waals surface area contributed by atoms with Gasteiger partial charge in [-0.05, 0) is 12.8 Å². The number of rotatable bonds is 0. The molecule has 2 aliphatic rings. The molecule has 10 heavy (non-hydrogen) atoms. The van der Waals surface area contributed by atoms with E-state index in [1.807, 2.05) is 0 Å². The van der Waals surface area contributed by atoms with Crippen LogP contribution in [0.15, 0.2) is 0 Å². The number of carbonyl (C=O) groups excluding carboxylic acids is 1. The Labute approximate surface area is 61.0 Å². The Balaban J connectivity index is 2.19. The molecule has 0 unspecified atom stereocenters. The van der Waals surface area contributed by atoms with Crippen LogP contribution in [0.5, 0.6) is 0 Å². The predicted molar refractivity (Wildman–Crippen MR) is 38.8 cm³/mol. The molecule has 0 amide bonds. The summed E-state index contributed by atoms with van der Waals surface area (Å²) in [7, 11) is 0. The first-order chi connectivity index (χ1) is 4.83. The van der Waals surface area contributed by atoms with Gasteiger partial charge in [0.05, 0.1) is 5.54 Å².